The zero-order valence-electron chi connectivity index (χ0n) is 9.62. The fourth-order valence-corrected chi connectivity index (χ4v) is 1.87. The van der Waals surface area contributed by atoms with Gasteiger partial charge in [-0.25, -0.2) is 14.2 Å². The van der Waals surface area contributed by atoms with Gasteiger partial charge in [0.15, 0.2) is 5.82 Å². The molecule has 2 N–H and O–H groups in total. The van der Waals surface area contributed by atoms with Crippen LogP contribution in [0.5, 0.6) is 0 Å². The maximum absolute atomic E-state index is 5.93. The van der Waals surface area contributed by atoms with E-state index >= 15 is 0 Å². The zero-order chi connectivity index (χ0) is 12.0. The summed E-state index contributed by atoms with van der Waals surface area (Å²) in [5, 5.41) is 8.57. The number of nitrogens with zero attached hydrogens (tertiary/aromatic N) is 5. The molecule has 3 aromatic heterocycles. The molecule has 3 heterocycles. The normalized spacial score (nSPS) is 11.2. The van der Waals surface area contributed by atoms with Crippen LogP contribution in [0.4, 0.5) is 5.69 Å². The van der Waals surface area contributed by atoms with Crippen LogP contribution in [0, 0.1) is 13.8 Å². The number of hydrogen-bond acceptors (Lipinski definition) is 4. The van der Waals surface area contributed by atoms with Gasteiger partial charge >= 0.3 is 0 Å². The minimum absolute atomic E-state index is 0.702. The van der Waals surface area contributed by atoms with Gasteiger partial charge in [-0.3, -0.25) is 0 Å². The van der Waals surface area contributed by atoms with E-state index < -0.39 is 0 Å². The number of rotatable bonds is 1. The van der Waals surface area contributed by atoms with Gasteiger partial charge in [0.1, 0.15) is 5.52 Å². The van der Waals surface area contributed by atoms with Gasteiger partial charge in [-0.2, -0.15) is 10.2 Å². The van der Waals surface area contributed by atoms with Gasteiger partial charge in [-0.15, -0.1) is 0 Å². The second-order valence-electron chi connectivity index (χ2n) is 3.91. The number of aryl methyl sites for hydroxylation is 1. The molecule has 0 aromatic carbocycles. The first-order valence-corrected chi connectivity index (χ1v) is 5.29. The second-order valence-corrected chi connectivity index (χ2v) is 3.91. The van der Waals surface area contributed by atoms with Crippen LogP contribution in [0.3, 0.4) is 0 Å². The van der Waals surface area contributed by atoms with Gasteiger partial charge in [-0.05, 0) is 19.9 Å². The van der Waals surface area contributed by atoms with Crippen molar-refractivity contribution in [3.8, 4) is 5.82 Å². The standard InChI is InChI=1S/C11H12N6/c1-7-10(12)8(2)17(15-7)11-9-3-4-14-16(9)6-5-13-11/h3-6H,12H2,1-2H3. The molecule has 0 aliphatic heterocycles. The molecule has 0 bridgehead atoms. The summed E-state index contributed by atoms with van der Waals surface area (Å²) in [6.45, 7) is 3.81. The lowest BCUT2D eigenvalue weighted by molar-refractivity contribution is 0.798. The highest BCUT2D eigenvalue weighted by atomic mass is 15.3. The van der Waals surface area contributed by atoms with Crippen LogP contribution in [0.15, 0.2) is 24.7 Å². The van der Waals surface area contributed by atoms with Gasteiger partial charge in [-0.1, -0.05) is 0 Å². The van der Waals surface area contributed by atoms with Crippen molar-refractivity contribution in [3.05, 3.63) is 36.0 Å². The number of fused-ring (bicyclic) bond motifs is 1. The third-order valence-electron chi connectivity index (χ3n) is 2.85. The van der Waals surface area contributed by atoms with E-state index in [0.29, 0.717) is 5.69 Å². The van der Waals surface area contributed by atoms with Crippen LogP contribution in [0.2, 0.25) is 0 Å². The minimum atomic E-state index is 0.702. The van der Waals surface area contributed by atoms with Crippen LogP contribution in [0.1, 0.15) is 11.4 Å². The van der Waals surface area contributed by atoms with Crippen molar-refractivity contribution in [1.82, 2.24) is 24.4 Å². The predicted octanol–water partition coefficient (Wildman–Crippen LogP) is 1.11. The summed E-state index contributed by atoms with van der Waals surface area (Å²) in [6.07, 6.45) is 5.23. The number of hydrogen-bond donors (Lipinski definition) is 1. The second kappa shape index (κ2) is 3.31. The Morgan fingerprint density at radius 1 is 1.24 bits per heavy atom. The summed E-state index contributed by atoms with van der Waals surface area (Å²) in [4.78, 5) is 4.35. The lowest BCUT2D eigenvalue weighted by atomic mass is 10.3. The minimum Gasteiger partial charge on any atom is -0.396 e. The van der Waals surface area contributed by atoms with Gasteiger partial charge in [0.2, 0.25) is 0 Å². The highest BCUT2D eigenvalue weighted by molar-refractivity contribution is 5.61. The molecule has 0 fully saturated rings. The lowest BCUT2D eigenvalue weighted by Crippen LogP contribution is -2.05. The van der Waals surface area contributed by atoms with Crippen molar-refractivity contribution < 1.29 is 0 Å². The van der Waals surface area contributed by atoms with Gasteiger partial charge in [0.05, 0.1) is 23.3 Å². The molecule has 0 saturated heterocycles. The average Bonchev–Trinajstić information content (AvgIpc) is 2.89. The van der Waals surface area contributed by atoms with Crippen molar-refractivity contribution in [2.24, 2.45) is 0 Å². The molecule has 0 amide bonds. The highest BCUT2D eigenvalue weighted by Crippen LogP contribution is 2.20. The van der Waals surface area contributed by atoms with Crippen LogP contribution in [0.25, 0.3) is 11.3 Å². The molecule has 0 unspecified atom stereocenters. The first-order chi connectivity index (χ1) is 8.18. The average molecular weight is 228 g/mol. The quantitative estimate of drug-likeness (QED) is 0.677. The van der Waals surface area contributed by atoms with Crippen molar-refractivity contribution >= 4 is 11.2 Å². The fourth-order valence-electron chi connectivity index (χ4n) is 1.87. The Morgan fingerprint density at radius 2 is 2.06 bits per heavy atom. The molecule has 0 aliphatic rings. The maximum atomic E-state index is 5.93. The third-order valence-corrected chi connectivity index (χ3v) is 2.85. The molecule has 3 aromatic rings. The topological polar surface area (TPSA) is 74.0 Å². The van der Waals surface area contributed by atoms with E-state index in [1.54, 1.807) is 27.8 Å². The zero-order valence-corrected chi connectivity index (χ0v) is 9.62. The van der Waals surface area contributed by atoms with E-state index in [9.17, 15) is 0 Å². The molecule has 0 radical (unpaired) electrons. The Bertz CT molecular complexity index is 693. The maximum Gasteiger partial charge on any atom is 0.179 e. The highest BCUT2D eigenvalue weighted by Gasteiger charge is 2.13. The summed E-state index contributed by atoms with van der Waals surface area (Å²) in [5.74, 6) is 0.738. The Kier molecular flexibility index (Phi) is 1.91. The van der Waals surface area contributed by atoms with E-state index in [1.807, 2.05) is 19.9 Å². The van der Waals surface area contributed by atoms with E-state index in [0.717, 1.165) is 22.7 Å². The van der Waals surface area contributed by atoms with E-state index in [2.05, 4.69) is 15.2 Å². The molecule has 86 valence electrons. The van der Waals surface area contributed by atoms with E-state index in [1.165, 1.54) is 0 Å². The van der Waals surface area contributed by atoms with Gasteiger partial charge < -0.3 is 5.73 Å². The summed E-state index contributed by atoms with van der Waals surface area (Å²) in [6, 6.07) is 1.90. The molecule has 0 spiro atoms. The monoisotopic (exact) mass is 228 g/mol. The molecule has 6 nitrogen and oxygen atoms in total. The Labute approximate surface area is 97.7 Å². The SMILES string of the molecule is Cc1nn(-c2nccn3nccc23)c(C)c1N. The molecule has 0 aliphatic carbocycles. The van der Waals surface area contributed by atoms with Gasteiger partial charge in [0.25, 0.3) is 0 Å². The number of aromatic nitrogens is 5. The molecule has 3 rings (SSSR count). The largest absolute Gasteiger partial charge is 0.396 e. The Balaban J connectivity index is 2.34. The van der Waals surface area contributed by atoms with E-state index in [-0.39, 0.29) is 0 Å². The first kappa shape index (κ1) is 9.83. The van der Waals surface area contributed by atoms with Crippen LogP contribution in [-0.2, 0) is 0 Å². The smallest absolute Gasteiger partial charge is 0.179 e. The van der Waals surface area contributed by atoms with Crippen LogP contribution < -0.4 is 5.73 Å². The van der Waals surface area contributed by atoms with Crippen molar-refractivity contribution in [1.29, 1.82) is 0 Å². The van der Waals surface area contributed by atoms with E-state index in [4.69, 9.17) is 5.73 Å². The summed E-state index contributed by atoms with van der Waals surface area (Å²) in [5.41, 5.74) is 9.23. The molecule has 6 heteroatoms. The van der Waals surface area contributed by atoms with Gasteiger partial charge in [0, 0.05) is 12.4 Å². The Morgan fingerprint density at radius 3 is 2.76 bits per heavy atom. The van der Waals surface area contributed by atoms with Crippen LogP contribution in [-0.4, -0.2) is 24.4 Å². The third kappa shape index (κ3) is 1.30. The summed E-state index contributed by atoms with van der Waals surface area (Å²) >= 11 is 0. The van der Waals surface area contributed by atoms with Crippen LogP contribution >= 0.6 is 0 Å². The Hall–Kier alpha value is -2.37. The first-order valence-electron chi connectivity index (χ1n) is 5.29. The summed E-state index contributed by atoms with van der Waals surface area (Å²) < 4.78 is 3.51. The molecule has 17 heavy (non-hydrogen) atoms. The molecule has 0 atom stereocenters. The number of nitrogen functional groups attached to an aromatic ring is 1. The molecular weight excluding hydrogens is 216 g/mol. The number of anilines is 1. The lowest BCUT2D eigenvalue weighted by Gasteiger charge is -2.04. The summed E-state index contributed by atoms with van der Waals surface area (Å²) in [7, 11) is 0. The molecule has 0 saturated carbocycles. The van der Waals surface area contributed by atoms with Crippen molar-refractivity contribution in [3.63, 3.8) is 0 Å². The van der Waals surface area contributed by atoms with Crippen molar-refractivity contribution in [2.45, 2.75) is 13.8 Å². The fraction of sp³-hybridized carbons (Fsp3) is 0.182. The molecular formula is C11H12N6. The predicted molar refractivity (Wildman–Crippen MR) is 64.0 cm³/mol. The van der Waals surface area contributed by atoms with Crippen molar-refractivity contribution in [2.75, 3.05) is 5.73 Å². The number of nitrogens with two attached hydrogens (primary N) is 1.